The summed E-state index contributed by atoms with van der Waals surface area (Å²) >= 11 is 3.78. The van der Waals surface area contributed by atoms with E-state index < -0.39 is 0 Å². The van der Waals surface area contributed by atoms with E-state index in [1.165, 1.54) is 33.4 Å². The molecule has 0 N–H and O–H groups in total. The summed E-state index contributed by atoms with van der Waals surface area (Å²) < 4.78 is 5.17. The summed E-state index contributed by atoms with van der Waals surface area (Å²) in [5, 5.41) is 0. The first-order valence-electron chi connectivity index (χ1n) is 5.76. The van der Waals surface area contributed by atoms with Crippen molar-refractivity contribution in [2.24, 2.45) is 0 Å². The Balaban J connectivity index is 2.59. The van der Waals surface area contributed by atoms with Crippen molar-refractivity contribution >= 4 is 15.9 Å². The maximum atomic E-state index is 5.17. The number of furan rings is 1. The summed E-state index contributed by atoms with van der Waals surface area (Å²) in [4.78, 5) is 0.208. The molecule has 0 amide bonds. The normalized spacial score (nSPS) is 12.8. The van der Waals surface area contributed by atoms with Crippen LogP contribution < -0.4 is 0 Å². The molecule has 1 aromatic carbocycles. The minimum atomic E-state index is 0.208. The lowest BCUT2D eigenvalue weighted by molar-refractivity contribution is 0.564. The van der Waals surface area contributed by atoms with E-state index in [0.29, 0.717) is 0 Å². The quantitative estimate of drug-likeness (QED) is 0.710. The van der Waals surface area contributed by atoms with Crippen molar-refractivity contribution in [2.45, 2.75) is 32.5 Å². The van der Waals surface area contributed by atoms with Crippen molar-refractivity contribution in [2.75, 3.05) is 0 Å². The van der Waals surface area contributed by atoms with Crippen molar-refractivity contribution in [1.82, 2.24) is 0 Å². The second kappa shape index (κ2) is 4.69. The monoisotopic (exact) mass is 292 g/mol. The Morgan fingerprint density at radius 1 is 1.06 bits per heavy atom. The fraction of sp³-hybridized carbons (Fsp3) is 0.333. The molecular weight excluding hydrogens is 276 g/mol. The molecule has 0 fully saturated rings. The van der Waals surface area contributed by atoms with Crippen molar-refractivity contribution in [3.8, 4) is 0 Å². The minimum absolute atomic E-state index is 0.208. The van der Waals surface area contributed by atoms with Gasteiger partial charge in [-0.05, 0) is 61.6 Å². The molecule has 0 saturated heterocycles. The third-order valence-corrected chi connectivity index (χ3v) is 4.50. The lowest BCUT2D eigenvalue weighted by Gasteiger charge is -2.19. The number of alkyl halides is 1. The second-order valence-electron chi connectivity index (χ2n) is 4.59. The van der Waals surface area contributed by atoms with Crippen LogP contribution >= 0.6 is 15.9 Å². The number of hydrogen-bond acceptors (Lipinski definition) is 1. The molecule has 0 spiro atoms. The molecule has 0 aliphatic rings. The highest BCUT2D eigenvalue weighted by molar-refractivity contribution is 9.09. The fourth-order valence-electron chi connectivity index (χ4n) is 2.21. The number of rotatable bonds is 2. The van der Waals surface area contributed by atoms with Crippen molar-refractivity contribution < 1.29 is 4.42 Å². The van der Waals surface area contributed by atoms with Gasteiger partial charge in [-0.1, -0.05) is 22.0 Å². The summed E-state index contributed by atoms with van der Waals surface area (Å²) in [6, 6.07) is 4.26. The second-order valence-corrected chi connectivity index (χ2v) is 5.51. The lowest BCUT2D eigenvalue weighted by Crippen LogP contribution is -2.02. The maximum Gasteiger partial charge on any atom is 0.0949 e. The van der Waals surface area contributed by atoms with E-state index in [1.54, 1.807) is 12.5 Å². The Morgan fingerprint density at radius 3 is 2.12 bits per heavy atom. The van der Waals surface area contributed by atoms with Crippen molar-refractivity contribution in [3.05, 3.63) is 58.0 Å². The molecular formula is C15H17BrO. The van der Waals surface area contributed by atoms with Crippen LogP contribution in [0.1, 0.15) is 38.2 Å². The molecule has 2 aromatic rings. The van der Waals surface area contributed by atoms with Gasteiger partial charge in [0.2, 0.25) is 0 Å². The van der Waals surface area contributed by atoms with Gasteiger partial charge in [0.05, 0.1) is 17.4 Å². The standard InChI is InChI=1S/C15H17BrO/c1-9-7-10(2)12(4)14(11(9)3)15(16)13-5-6-17-8-13/h5-8,15H,1-4H3. The molecule has 1 heterocycles. The van der Waals surface area contributed by atoms with E-state index in [9.17, 15) is 0 Å². The van der Waals surface area contributed by atoms with E-state index in [2.05, 4.69) is 49.7 Å². The maximum absolute atomic E-state index is 5.17. The molecule has 90 valence electrons. The summed E-state index contributed by atoms with van der Waals surface area (Å²) in [7, 11) is 0. The van der Waals surface area contributed by atoms with Crippen LogP contribution in [0.5, 0.6) is 0 Å². The van der Waals surface area contributed by atoms with Crippen LogP contribution in [0.3, 0.4) is 0 Å². The summed E-state index contributed by atoms with van der Waals surface area (Å²) in [5.41, 5.74) is 7.93. The third kappa shape index (κ3) is 2.19. The fourth-order valence-corrected chi connectivity index (χ4v) is 3.16. The van der Waals surface area contributed by atoms with Gasteiger partial charge in [0.25, 0.3) is 0 Å². The zero-order valence-electron chi connectivity index (χ0n) is 10.7. The Bertz CT molecular complexity index is 500. The molecule has 0 aliphatic carbocycles. The zero-order chi connectivity index (χ0) is 12.6. The zero-order valence-corrected chi connectivity index (χ0v) is 12.3. The average Bonchev–Trinajstić information content (AvgIpc) is 2.80. The minimum Gasteiger partial charge on any atom is -0.472 e. The summed E-state index contributed by atoms with van der Waals surface area (Å²) in [6.45, 7) is 8.71. The van der Waals surface area contributed by atoms with Crippen LogP contribution in [-0.4, -0.2) is 0 Å². The van der Waals surface area contributed by atoms with Crippen LogP contribution in [0.4, 0.5) is 0 Å². The highest BCUT2D eigenvalue weighted by Crippen LogP contribution is 2.37. The molecule has 1 atom stereocenters. The van der Waals surface area contributed by atoms with Crippen LogP contribution in [0, 0.1) is 27.7 Å². The Kier molecular flexibility index (Phi) is 3.43. The van der Waals surface area contributed by atoms with Gasteiger partial charge in [-0.25, -0.2) is 0 Å². The predicted octanol–water partition coefficient (Wildman–Crippen LogP) is 5.00. The van der Waals surface area contributed by atoms with Crippen LogP contribution in [0.15, 0.2) is 29.1 Å². The number of aryl methyl sites for hydroxylation is 2. The van der Waals surface area contributed by atoms with E-state index >= 15 is 0 Å². The molecule has 0 saturated carbocycles. The first-order valence-corrected chi connectivity index (χ1v) is 6.67. The molecule has 2 rings (SSSR count). The topological polar surface area (TPSA) is 13.1 Å². The van der Waals surface area contributed by atoms with Crippen LogP contribution in [-0.2, 0) is 0 Å². The lowest BCUT2D eigenvalue weighted by atomic mass is 9.91. The molecule has 1 nitrogen and oxygen atoms in total. The number of benzene rings is 1. The van der Waals surface area contributed by atoms with E-state index in [0.717, 1.165) is 0 Å². The van der Waals surface area contributed by atoms with Gasteiger partial charge in [0.15, 0.2) is 0 Å². The number of halogens is 1. The van der Waals surface area contributed by atoms with Gasteiger partial charge in [-0.3, -0.25) is 0 Å². The Hall–Kier alpha value is -1.02. The molecule has 0 radical (unpaired) electrons. The van der Waals surface area contributed by atoms with Crippen LogP contribution in [0.25, 0.3) is 0 Å². The summed E-state index contributed by atoms with van der Waals surface area (Å²) in [5.74, 6) is 0. The number of hydrogen-bond donors (Lipinski definition) is 0. The molecule has 0 bridgehead atoms. The SMILES string of the molecule is Cc1cc(C)c(C)c(C(Br)c2ccoc2)c1C. The van der Waals surface area contributed by atoms with Crippen molar-refractivity contribution in [1.29, 1.82) is 0 Å². The van der Waals surface area contributed by atoms with Crippen LogP contribution in [0.2, 0.25) is 0 Å². The molecule has 17 heavy (non-hydrogen) atoms. The van der Waals surface area contributed by atoms with Gasteiger partial charge < -0.3 is 4.42 Å². The third-order valence-electron chi connectivity index (χ3n) is 3.51. The van der Waals surface area contributed by atoms with Gasteiger partial charge in [0, 0.05) is 5.56 Å². The van der Waals surface area contributed by atoms with E-state index in [-0.39, 0.29) is 4.83 Å². The molecule has 1 unspecified atom stereocenters. The first kappa shape index (κ1) is 12.4. The molecule has 0 aliphatic heterocycles. The first-order chi connectivity index (χ1) is 8.02. The van der Waals surface area contributed by atoms with Gasteiger partial charge in [-0.2, -0.15) is 0 Å². The largest absolute Gasteiger partial charge is 0.472 e. The smallest absolute Gasteiger partial charge is 0.0949 e. The average molecular weight is 293 g/mol. The molecule has 2 heteroatoms. The highest BCUT2D eigenvalue weighted by atomic mass is 79.9. The molecule has 1 aromatic heterocycles. The van der Waals surface area contributed by atoms with Gasteiger partial charge in [0.1, 0.15) is 0 Å². The van der Waals surface area contributed by atoms with E-state index in [1.807, 2.05) is 6.07 Å². The predicted molar refractivity (Wildman–Crippen MR) is 74.9 cm³/mol. The Labute approximate surface area is 111 Å². The highest BCUT2D eigenvalue weighted by Gasteiger charge is 2.18. The van der Waals surface area contributed by atoms with E-state index in [4.69, 9.17) is 4.42 Å². The van der Waals surface area contributed by atoms with Crippen molar-refractivity contribution in [3.63, 3.8) is 0 Å². The van der Waals surface area contributed by atoms with Gasteiger partial charge >= 0.3 is 0 Å². The summed E-state index contributed by atoms with van der Waals surface area (Å²) in [6.07, 6.45) is 3.52. The van der Waals surface area contributed by atoms with Gasteiger partial charge in [-0.15, -0.1) is 0 Å². The Morgan fingerprint density at radius 2 is 1.65 bits per heavy atom.